The van der Waals surface area contributed by atoms with Crippen LogP contribution < -0.4 is 10.6 Å². The van der Waals surface area contributed by atoms with E-state index in [0.29, 0.717) is 11.9 Å². The van der Waals surface area contributed by atoms with Gasteiger partial charge in [0.25, 0.3) is 0 Å². The predicted octanol–water partition coefficient (Wildman–Crippen LogP) is 2.85. The van der Waals surface area contributed by atoms with Crippen molar-refractivity contribution in [2.75, 3.05) is 17.2 Å². The molecule has 1 heterocycles. The van der Waals surface area contributed by atoms with Crippen LogP contribution in [0.5, 0.6) is 0 Å². The number of nitrogens with two attached hydrogens (primary N) is 1. The van der Waals surface area contributed by atoms with Gasteiger partial charge in [-0.3, -0.25) is 0 Å². The maximum absolute atomic E-state index is 5.61. The summed E-state index contributed by atoms with van der Waals surface area (Å²) < 4.78 is 0. The third-order valence-electron chi connectivity index (χ3n) is 3.68. The van der Waals surface area contributed by atoms with Crippen molar-refractivity contribution in [1.82, 2.24) is 10.2 Å². The Morgan fingerprint density at radius 2 is 2.00 bits per heavy atom. The maximum atomic E-state index is 5.61. The Hall–Kier alpha value is -1.32. The molecule has 2 rings (SSSR count). The van der Waals surface area contributed by atoms with E-state index in [-0.39, 0.29) is 0 Å². The minimum atomic E-state index is 0.494. The van der Waals surface area contributed by atoms with Crippen molar-refractivity contribution in [2.24, 2.45) is 5.92 Å². The van der Waals surface area contributed by atoms with Gasteiger partial charge in [0.1, 0.15) is 5.82 Å². The standard InChI is InChI=1S/C14H24N4/c1-11(2)9-10-18(12-5-3-4-6-12)14-8-7-13(15)16-17-14/h7-8,11-12H,3-6,9-10H2,1-2H3,(H2,15,16). The summed E-state index contributed by atoms with van der Waals surface area (Å²) in [5.41, 5.74) is 5.61. The van der Waals surface area contributed by atoms with Gasteiger partial charge in [-0.05, 0) is 37.3 Å². The molecule has 0 atom stereocenters. The summed E-state index contributed by atoms with van der Waals surface area (Å²) in [6.07, 6.45) is 6.44. The van der Waals surface area contributed by atoms with Crippen molar-refractivity contribution in [1.29, 1.82) is 0 Å². The Balaban J connectivity index is 2.09. The first kappa shape index (κ1) is 13.1. The molecule has 1 aromatic rings. The molecule has 1 saturated carbocycles. The van der Waals surface area contributed by atoms with Gasteiger partial charge in [-0.25, -0.2) is 0 Å². The third kappa shape index (κ3) is 3.34. The molecule has 0 radical (unpaired) electrons. The van der Waals surface area contributed by atoms with Crippen LogP contribution in [-0.2, 0) is 0 Å². The van der Waals surface area contributed by atoms with Gasteiger partial charge in [0.15, 0.2) is 5.82 Å². The van der Waals surface area contributed by atoms with Gasteiger partial charge in [-0.1, -0.05) is 26.7 Å². The first-order valence-electron chi connectivity index (χ1n) is 7.02. The van der Waals surface area contributed by atoms with Crippen molar-refractivity contribution in [3.63, 3.8) is 0 Å². The number of rotatable bonds is 5. The Morgan fingerprint density at radius 3 is 2.56 bits per heavy atom. The number of nitrogens with zero attached hydrogens (tertiary/aromatic N) is 3. The topological polar surface area (TPSA) is 55.0 Å². The van der Waals surface area contributed by atoms with Crippen LogP contribution >= 0.6 is 0 Å². The summed E-state index contributed by atoms with van der Waals surface area (Å²) in [5.74, 6) is 2.20. The maximum Gasteiger partial charge on any atom is 0.151 e. The average molecular weight is 248 g/mol. The molecule has 0 unspecified atom stereocenters. The second-order valence-electron chi connectivity index (χ2n) is 5.63. The molecular weight excluding hydrogens is 224 g/mol. The Labute approximate surface area is 110 Å². The van der Waals surface area contributed by atoms with Crippen molar-refractivity contribution < 1.29 is 0 Å². The predicted molar refractivity (Wildman–Crippen MR) is 75.5 cm³/mol. The van der Waals surface area contributed by atoms with Crippen LogP contribution in [0.1, 0.15) is 46.0 Å². The Kier molecular flexibility index (Phi) is 4.39. The molecule has 18 heavy (non-hydrogen) atoms. The quantitative estimate of drug-likeness (QED) is 0.870. The highest BCUT2D eigenvalue weighted by Crippen LogP contribution is 2.27. The molecule has 0 aromatic carbocycles. The van der Waals surface area contributed by atoms with E-state index in [1.807, 2.05) is 12.1 Å². The second kappa shape index (κ2) is 6.03. The van der Waals surface area contributed by atoms with Crippen LogP contribution in [0.4, 0.5) is 11.6 Å². The molecule has 1 fully saturated rings. The minimum Gasteiger partial charge on any atom is -0.382 e. The van der Waals surface area contributed by atoms with Gasteiger partial charge in [0.05, 0.1) is 0 Å². The smallest absolute Gasteiger partial charge is 0.151 e. The number of anilines is 2. The molecule has 0 amide bonds. The molecule has 1 aliphatic carbocycles. The molecule has 1 aromatic heterocycles. The highest BCUT2D eigenvalue weighted by Gasteiger charge is 2.23. The van der Waals surface area contributed by atoms with Gasteiger partial charge in [0.2, 0.25) is 0 Å². The first-order chi connectivity index (χ1) is 8.66. The second-order valence-corrected chi connectivity index (χ2v) is 5.63. The zero-order chi connectivity index (χ0) is 13.0. The van der Waals surface area contributed by atoms with Crippen molar-refractivity contribution in [2.45, 2.75) is 52.0 Å². The summed E-state index contributed by atoms with van der Waals surface area (Å²) >= 11 is 0. The average Bonchev–Trinajstić information content (AvgIpc) is 2.85. The molecule has 4 nitrogen and oxygen atoms in total. The van der Waals surface area contributed by atoms with E-state index in [2.05, 4.69) is 28.9 Å². The van der Waals surface area contributed by atoms with Crippen LogP contribution in [0.25, 0.3) is 0 Å². The summed E-state index contributed by atoms with van der Waals surface area (Å²) in [7, 11) is 0. The zero-order valence-electron chi connectivity index (χ0n) is 11.5. The van der Waals surface area contributed by atoms with Crippen molar-refractivity contribution in [3.05, 3.63) is 12.1 Å². The normalized spacial score (nSPS) is 16.4. The van der Waals surface area contributed by atoms with E-state index in [9.17, 15) is 0 Å². The molecule has 1 aliphatic rings. The van der Waals surface area contributed by atoms with Crippen LogP contribution in [0.15, 0.2) is 12.1 Å². The highest BCUT2D eigenvalue weighted by atomic mass is 15.3. The van der Waals surface area contributed by atoms with Crippen LogP contribution in [0.2, 0.25) is 0 Å². The fourth-order valence-electron chi connectivity index (χ4n) is 2.59. The molecule has 4 heteroatoms. The number of aromatic nitrogens is 2. The summed E-state index contributed by atoms with van der Waals surface area (Å²) in [4.78, 5) is 2.43. The zero-order valence-corrected chi connectivity index (χ0v) is 11.5. The molecule has 0 saturated heterocycles. The van der Waals surface area contributed by atoms with Gasteiger partial charge < -0.3 is 10.6 Å². The van der Waals surface area contributed by atoms with Gasteiger partial charge >= 0.3 is 0 Å². The number of hydrogen-bond donors (Lipinski definition) is 1. The van der Waals surface area contributed by atoms with E-state index in [4.69, 9.17) is 5.73 Å². The minimum absolute atomic E-state index is 0.494. The van der Waals surface area contributed by atoms with Crippen molar-refractivity contribution in [3.8, 4) is 0 Å². The Bertz CT molecular complexity index is 355. The fraction of sp³-hybridized carbons (Fsp3) is 0.714. The molecule has 0 bridgehead atoms. The lowest BCUT2D eigenvalue weighted by Crippen LogP contribution is -2.35. The van der Waals surface area contributed by atoms with Crippen LogP contribution in [0.3, 0.4) is 0 Å². The number of nitrogen functional groups attached to an aromatic ring is 1. The Morgan fingerprint density at radius 1 is 1.28 bits per heavy atom. The fourth-order valence-corrected chi connectivity index (χ4v) is 2.59. The van der Waals surface area contributed by atoms with Gasteiger partial charge in [0, 0.05) is 12.6 Å². The molecule has 2 N–H and O–H groups in total. The summed E-state index contributed by atoms with van der Waals surface area (Å²) in [6, 6.07) is 4.49. The van der Waals surface area contributed by atoms with Crippen LogP contribution in [-0.4, -0.2) is 22.8 Å². The molecule has 0 spiro atoms. The molecule has 0 aliphatic heterocycles. The third-order valence-corrected chi connectivity index (χ3v) is 3.68. The lowest BCUT2D eigenvalue weighted by Gasteiger charge is -2.30. The van der Waals surface area contributed by atoms with Crippen molar-refractivity contribution >= 4 is 11.6 Å². The van der Waals surface area contributed by atoms with E-state index in [0.717, 1.165) is 18.3 Å². The SMILES string of the molecule is CC(C)CCN(c1ccc(N)nn1)C1CCCC1. The highest BCUT2D eigenvalue weighted by molar-refractivity contribution is 5.42. The lowest BCUT2D eigenvalue weighted by molar-refractivity contribution is 0.523. The summed E-state index contributed by atoms with van der Waals surface area (Å²) in [5, 5.41) is 8.24. The van der Waals surface area contributed by atoms with E-state index in [1.54, 1.807) is 0 Å². The van der Waals surface area contributed by atoms with Crippen LogP contribution in [0, 0.1) is 5.92 Å². The number of hydrogen-bond acceptors (Lipinski definition) is 4. The first-order valence-corrected chi connectivity index (χ1v) is 7.02. The largest absolute Gasteiger partial charge is 0.382 e. The van der Waals surface area contributed by atoms with E-state index >= 15 is 0 Å². The van der Waals surface area contributed by atoms with Gasteiger partial charge in [-0.2, -0.15) is 0 Å². The monoisotopic (exact) mass is 248 g/mol. The van der Waals surface area contributed by atoms with Gasteiger partial charge in [-0.15, -0.1) is 10.2 Å². The van der Waals surface area contributed by atoms with E-state index < -0.39 is 0 Å². The summed E-state index contributed by atoms with van der Waals surface area (Å²) in [6.45, 7) is 5.60. The lowest BCUT2D eigenvalue weighted by atomic mass is 10.1. The molecule has 100 valence electrons. The molecular formula is C14H24N4. The van der Waals surface area contributed by atoms with E-state index in [1.165, 1.54) is 32.1 Å².